The normalized spacial score (nSPS) is 27.3. The molecule has 2 heterocycles. The Labute approximate surface area is 155 Å². The summed E-state index contributed by atoms with van der Waals surface area (Å²) in [6.07, 6.45) is 0. The lowest BCUT2D eigenvalue weighted by Crippen LogP contribution is -2.63. The van der Waals surface area contributed by atoms with Crippen molar-refractivity contribution < 1.29 is 29.0 Å². The van der Waals surface area contributed by atoms with Crippen LogP contribution in [-0.2, 0) is 35.1 Å². The fourth-order valence-corrected chi connectivity index (χ4v) is 3.84. The first-order valence-corrected chi connectivity index (χ1v) is 8.48. The Morgan fingerprint density at radius 1 is 1.04 bits per heavy atom. The number of benzene rings is 2. The summed E-state index contributed by atoms with van der Waals surface area (Å²) in [7, 11) is 0. The number of imide groups is 1. The predicted molar refractivity (Wildman–Crippen MR) is 93.5 cm³/mol. The molecule has 0 saturated carbocycles. The van der Waals surface area contributed by atoms with Crippen molar-refractivity contribution in [3.05, 3.63) is 65.7 Å². The zero-order valence-electron chi connectivity index (χ0n) is 14.5. The van der Waals surface area contributed by atoms with Crippen LogP contribution in [0, 0.1) is 0 Å². The van der Waals surface area contributed by atoms with Crippen LogP contribution in [0.2, 0.25) is 0 Å². The Bertz CT molecular complexity index is 942. The summed E-state index contributed by atoms with van der Waals surface area (Å²) < 4.78 is 11.0. The number of carbonyl (C=O) groups excluding carboxylic acids is 3. The molecule has 2 aliphatic heterocycles. The van der Waals surface area contributed by atoms with Crippen LogP contribution in [0.5, 0.6) is 0 Å². The number of cyclic esters (lactones) is 1. The second-order valence-corrected chi connectivity index (χ2v) is 6.42. The lowest BCUT2D eigenvalue weighted by atomic mass is 9.73. The second kappa shape index (κ2) is 6.00. The number of nitrogens with zero attached hydrogens (tertiary/aromatic N) is 1. The maximum Gasteiger partial charge on any atom is 0.347 e. The number of amides is 2. The number of rotatable bonds is 2. The van der Waals surface area contributed by atoms with Gasteiger partial charge in [0.1, 0.15) is 6.61 Å². The van der Waals surface area contributed by atoms with Gasteiger partial charge in [0.2, 0.25) is 17.1 Å². The van der Waals surface area contributed by atoms with Gasteiger partial charge in [-0.3, -0.25) is 9.59 Å². The van der Waals surface area contributed by atoms with Crippen LogP contribution < -0.4 is 4.90 Å². The molecule has 2 atom stereocenters. The van der Waals surface area contributed by atoms with Gasteiger partial charge in [0.15, 0.2) is 0 Å². The highest BCUT2D eigenvalue weighted by Crippen LogP contribution is 2.53. The number of para-hydroxylation sites is 1. The number of hydrogen-bond acceptors (Lipinski definition) is 6. The molecule has 7 heteroatoms. The molecule has 0 unspecified atom stereocenters. The van der Waals surface area contributed by atoms with Crippen LogP contribution in [0.3, 0.4) is 0 Å². The van der Waals surface area contributed by atoms with Gasteiger partial charge in [-0.15, -0.1) is 0 Å². The maximum absolute atomic E-state index is 13.3. The number of aliphatic hydroxyl groups is 1. The van der Waals surface area contributed by atoms with Gasteiger partial charge < -0.3 is 14.6 Å². The smallest absolute Gasteiger partial charge is 0.347 e. The standard InChI is InChI=1S/C20H17NO6/c1-13(22)21-16-10-6-5-9-15(16)19(25,17(21)23)20(14-7-3-2-4-8-14)18(24)26-11-12-27-20/h2-10,25H,11-12H2,1H3/t19-,20-/m1/s1. The zero-order valence-corrected chi connectivity index (χ0v) is 14.5. The van der Waals surface area contributed by atoms with Crippen molar-refractivity contribution in [3.63, 3.8) is 0 Å². The van der Waals surface area contributed by atoms with Gasteiger partial charge in [0.25, 0.3) is 5.91 Å². The molecule has 0 radical (unpaired) electrons. The van der Waals surface area contributed by atoms with Crippen LogP contribution in [0.15, 0.2) is 54.6 Å². The topological polar surface area (TPSA) is 93.1 Å². The fourth-order valence-electron chi connectivity index (χ4n) is 3.84. The van der Waals surface area contributed by atoms with Gasteiger partial charge in [-0.25, -0.2) is 9.69 Å². The molecule has 0 spiro atoms. The number of anilines is 1. The maximum atomic E-state index is 13.3. The van der Waals surface area contributed by atoms with E-state index in [0.29, 0.717) is 0 Å². The third kappa shape index (κ3) is 2.12. The summed E-state index contributed by atoms with van der Waals surface area (Å²) in [6, 6.07) is 14.5. The second-order valence-electron chi connectivity index (χ2n) is 6.42. The molecule has 2 aromatic carbocycles. The Morgan fingerprint density at radius 3 is 2.37 bits per heavy atom. The van der Waals surface area contributed by atoms with Gasteiger partial charge in [-0.1, -0.05) is 48.5 Å². The lowest BCUT2D eigenvalue weighted by molar-refractivity contribution is -0.238. The molecule has 1 N–H and O–H groups in total. The van der Waals surface area contributed by atoms with E-state index in [1.165, 1.54) is 13.0 Å². The van der Waals surface area contributed by atoms with E-state index in [4.69, 9.17) is 9.47 Å². The molecular weight excluding hydrogens is 350 g/mol. The van der Waals surface area contributed by atoms with Gasteiger partial charge in [-0.05, 0) is 11.6 Å². The molecule has 27 heavy (non-hydrogen) atoms. The van der Waals surface area contributed by atoms with E-state index >= 15 is 0 Å². The largest absolute Gasteiger partial charge is 0.461 e. The molecule has 0 aromatic heterocycles. The van der Waals surface area contributed by atoms with E-state index in [1.807, 2.05) is 0 Å². The van der Waals surface area contributed by atoms with E-state index in [9.17, 15) is 19.5 Å². The van der Waals surface area contributed by atoms with Crippen LogP contribution in [-0.4, -0.2) is 36.1 Å². The Balaban J connectivity index is 2.05. The van der Waals surface area contributed by atoms with E-state index < -0.39 is 29.0 Å². The third-order valence-corrected chi connectivity index (χ3v) is 4.97. The Hall–Kier alpha value is -3.03. The minimum Gasteiger partial charge on any atom is -0.461 e. The molecule has 7 nitrogen and oxygen atoms in total. The predicted octanol–water partition coefficient (Wildman–Crippen LogP) is 1.24. The summed E-state index contributed by atoms with van der Waals surface area (Å²) in [5.74, 6) is -2.40. The van der Waals surface area contributed by atoms with Gasteiger partial charge in [0.05, 0.1) is 12.3 Å². The highest BCUT2D eigenvalue weighted by Gasteiger charge is 2.70. The quantitative estimate of drug-likeness (QED) is 0.803. The number of esters is 1. The van der Waals surface area contributed by atoms with Crippen molar-refractivity contribution in [3.8, 4) is 0 Å². The minimum atomic E-state index is -2.45. The third-order valence-electron chi connectivity index (χ3n) is 4.97. The van der Waals surface area contributed by atoms with Crippen molar-refractivity contribution in [1.29, 1.82) is 0 Å². The average Bonchev–Trinajstić information content (AvgIpc) is 2.92. The van der Waals surface area contributed by atoms with E-state index in [0.717, 1.165) is 4.90 Å². The molecule has 1 fully saturated rings. The molecule has 4 rings (SSSR count). The number of fused-ring (bicyclic) bond motifs is 1. The summed E-state index contributed by atoms with van der Waals surface area (Å²) in [4.78, 5) is 39.3. The van der Waals surface area contributed by atoms with E-state index in [-0.39, 0.29) is 30.0 Å². The molecule has 138 valence electrons. The summed E-state index contributed by atoms with van der Waals surface area (Å²) >= 11 is 0. The van der Waals surface area contributed by atoms with Gasteiger partial charge in [0, 0.05) is 12.5 Å². The summed E-state index contributed by atoms with van der Waals surface area (Å²) in [6.45, 7) is 1.23. The first kappa shape index (κ1) is 17.4. The SMILES string of the molecule is CC(=O)N1C(=O)[C@@](O)([C@]2(c3ccccc3)OCCOC2=O)c2ccccc21. The summed E-state index contributed by atoms with van der Waals surface area (Å²) in [5.41, 5.74) is -3.97. The molecule has 2 aliphatic rings. The number of ether oxygens (including phenoxy) is 2. The molecule has 2 aromatic rings. The molecule has 0 aliphatic carbocycles. The zero-order chi connectivity index (χ0) is 19.2. The molecule has 1 saturated heterocycles. The fraction of sp³-hybridized carbons (Fsp3) is 0.250. The van der Waals surface area contributed by atoms with Crippen LogP contribution in [0.25, 0.3) is 0 Å². The van der Waals surface area contributed by atoms with Gasteiger partial charge in [-0.2, -0.15) is 0 Å². The lowest BCUT2D eigenvalue weighted by Gasteiger charge is -2.43. The van der Waals surface area contributed by atoms with Crippen molar-refractivity contribution in [2.45, 2.75) is 18.1 Å². The molecule has 2 amide bonds. The number of hydrogen-bond donors (Lipinski definition) is 1. The average molecular weight is 367 g/mol. The van der Waals surface area contributed by atoms with Crippen LogP contribution >= 0.6 is 0 Å². The molecular formula is C20H17NO6. The van der Waals surface area contributed by atoms with Crippen molar-refractivity contribution in [1.82, 2.24) is 0 Å². The Kier molecular flexibility index (Phi) is 3.87. The van der Waals surface area contributed by atoms with E-state index in [2.05, 4.69) is 0 Å². The first-order chi connectivity index (χ1) is 12.9. The monoisotopic (exact) mass is 367 g/mol. The van der Waals surface area contributed by atoms with Crippen LogP contribution in [0.4, 0.5) is 5.69 Å². The van der Waals surface area contributed by atoms with Crippen molar-refractivity contribution in [2.24, 2.45) is 0 Å². The number of carbonyl (C=O) groups is 3. The van der Waals surface area contributed by atoms with Crippen LogP contribution in [0.1, 0.15) is 18.1 Å². The highest BCUT2D eigenvalue weighted by molar-refractivity contribution is 6.23. The van der Waals surface area contributed by atoms with Crippen molar-refractivity contribution >= 4 is 23.5 Å². The minimum absolute atomic E-state index is 0.00153. The Morgan fingerprint density at radius 2 is 1.70 bits per heavy atom. The first-order valence-electron chi connectivity index (χ1n) is 8.48. The van der Waals surface area contributed by atoms with Crippen molar-refractivity contribution in [2.75, 3.05) is 18.1 Å². The van der Waals surface area contributed by atoms with Gasteiger partial charge >= 0.3 is 5.97 Å². The molecule has 0 bridgehead atoms. The highest BCUT2D eigenvalue weighted by atomic mass is 16.6. The summed E-state index contributed by atoms with van der Waals surface area (Å²) in [5, 5.41) is 11.8. The van der Waals surface area contributed by atoms with E-state index in [1.54, 1.807) is 48.5 Å².